The van der Waals surface area contributed by atoms with E-state index in [4.69, 9.17) is 10.5 Å². The first-order chi connectivity index (χ1) is 19.2. The van der Waals surface area contributed by atoms with Gasteiger partial charge in [0.25, 0.3) is 5.91 Å². The molecule has 0 bridgehead atoms. The molecule has 0 spiro atoms. The molecule has 2 heterocycles. The van der Waals surface area contributed by atoms with Gasteiger partial charge >= 0.3 is 5.91 Å². The van der Waals surface area contributed by atoms with Gasteiger partial charge in [-0.25, -0.2) is 4.79 Å². The van der Waals surface area contributed by atoms with Crippen molar-refractivity contribution in [1.82, 2.24) is 30.6 Å². The van der Waals surface area contributed by atoms with E-state index >= 15 is 0 Å². The first-order valence-electron chi connectivity index (χ1n) is 13.3. The summed E-state index contributed by atoms with van der Waals surface area (Å²) in [6, 6.07) is 21.6. The predicted molar refractivity (Wildman–Crippen MR) is 153 cm³/mol. The summed E-state index contributed by atoms with van der Waals surface area (Å²) < 4.78 is 5.19. The molecule has 4 N–H and O–H groups in total. The van der Waals surface area contributed by atoms with Gasteiger partial charge in [-0.1, -0.05) is 48.5 Å². The number of carbonyl (C=O) groups is 2. The molecule has 10 heteroatoms. The highest BCUT2D eigenvalue weighted by atomic mass is 16.5. The quantitative estimate of drug-likeness (QED) is 0.287. The van der Waals surface area contributed by atoms with E-state index in [1.54, 1.807) is 21.0 Å². The maximum absolute atomic E-state index is 13.9. The van der Waals surface area contributed by atoms with Crippen molar-refractivity contribution in [2.75, 3.05) is 7.11 Å². The molecule has 1 unspecified atom stereocenters. The van der Waals surface area contributed by atoms with Crippen LogP contribution in [0.15, 0.2) is 66.7 Å². The summed E-state index contributed by atoms with van der Waals surface area (Å²) in [6.07, 6.45) is 1.84. The summed E-state index contributed by atoms with van der Waals surface area (Å²) in [5.74, 6) is 0.761. The van der Waals surface area contributed by atoms with Crippen molar-refractivity contribution in [2.24, 2.45) is 5.73 Å². The molecule has 3 aromatic carbocycles. The Kier molecular flexibility index (Phi) is 7.46. The molecule has 40 heavy (non-hydrogen) atoms. The number of benzene rings is 3. The molecule has 0 radical (unpaired) electrons. The van der Waals surface area contributed by atoms with Gasteiger partial charge in [-0.05, 0) is 55.2 Å². The average molecular weight is 541 g/mol. The molecule has 1 aliphatic heterocycles. The second-order valence-corrected chi connectivity index (χ2v) is 10.9. The van der Waals surface area contributed by atoms with Gasteiger partial charge in [0, 0.05) is 34.7 Å². The van der Waals surface area contributed by atoms with E-state index < -0.39 is 5.54 Å². The highest BCUT2D eigenvalue weighted by Gasteiger charge is 2.45. The molecule has 0 saturated carbocycles. The van der Waals surface area contributed by atoms with Crippen molar-refractivity contribution < 1.29 is 14.3 Å². The van der Waals surface area contributed by atoms with Gasteiger partial charge in [-0.2, -0.15) is 10.6 Å². The van der Waals surface area contributed by atoms with E-state index in [2.05, 4.69) is 26.0 Å². The summed E-state index contributed by atoms with van der Waals surface area (Å²) in [5.41, 5.74) is 13.9. The predicted octanol–water partition coefficient (Wildman–Crippen LogP) is 4.07. The van der Waals surface area contributed by atoms with Crippen molar-refractivity contribution in [2.45, 2.75) is 51.6 Å². The second kappa shape index (κ2) is 11.0. The minimum Gasteiger partial charge on any atom is -0.497 e. The number of nitrogens with one attached hydrogen (secondary N) is 2. The number of carbonyl (C=O) groups excluding carboxylic acids is 2. The number of nitrogens with two attached hydrogens (primary N) is 1. The van der Waals surface area contributed by atoms with Crippen LogP contribution in [0.25, 0.3) is 22.5 Å². The number of fused-ring (bicyclic) bond motifs is 1. The first kappa shape index (κ1) is 27.2. The molecule has 1 aromatic heterocycles. The van der Waals surface area contributed by atoms with Crippen LogP contribution >= 0.6 is 0 Å². The highest BCUT2D eigenvalue weighted by molar-refractivity contribution is 5.93. The zero-order valence-corrected chi connectivity index (χ0v) is 23.0. The fourth-order valence-corrected chi connectivity index (χ4v) is 5.26. The van der Waals surface area contributed by atoms with Gasteiger partial charge in [-0.3, -0.25) is 4.79 Å². The lowest BCUT2D eigenvalue weighted by molar-refractivity contribution is -0.141. The van der Waals surface area contributed by atoms with E-state index in [1.165, 1.54) is 0 Å². The van der Waals surface area contributed by atoms with E-state index in [0.29, 0.717) is 24.4 Å². The molecule has 5 rings (SSSR count). The number of amides is 2. The Morgan fingerprint density at radius 1 is 1.07 bits per heavy atom. The SMILES string of the molecule is COc1ccc2c(c1)[N+](Cc1ccc(-c3ccccc3-c3nn[nH]n3)cc1)(NC(=O)CC(C)(C)N)C(=O)CCC2. The first-order valence-corrected chi connectivity index (χ1v) is 13.3. The number of tetrazole rings is 1. The second-order valence-electron chi connectivity index (χ2n) is 10.9. The third-order valence-electron chi connectivity index (χ3n) is 7.10. The number of aryl methyl sites for hydroxylation is 1. The summed E-state index contributed by atoms with van der Waals surface area (Å²) in [5, 5.41) is 14.5. The monoisotopic (exact) mass is 540 g/mol. The van der Waals surface area contributed by atoms with E-state index in [1.807, 2.05) is 66.7 Å². The Hall–Kier alpha value is -4.41. The lowest BCUT2D eigenvalue weighted by atomic mass is 9.98. The zero-order valence-electron chi connectivity index (χ0n) is 23.0. The number of methoxy groups -OCH3 is 1. The number of ether oxygens (including phenoxy) is 1. The van der Waals surface area contributed by atoms with Crippen LogP contribution in [0.1, 0.15) is 44.2 Å². The van der Waals surface area contributed by atoms with E-state index in [9.17, 15) is 9.59 Å². The van der Waals surface area contributed by atoms with Gasteiger partial charge in [0.15, 0.2) is 5.69 Å². The van der Waals surface area contributed by atoms with Gasteiger partial charge in [0.05, 0.1) is 13.5 Å². The number of H-pyrrole nitrogens is 1. The van der Waals surface area contributed by atoms with Crippen molar-refractivity contribution in [1.29, 1.82) is 0 Å². The molecular formula is C30H34N7O3+. The van der Waals surface area contributed by atoms with Crippen LogP contribution in [0.4, 0.5) is 5.69 Å². The number of rotatable bonds is 8. The summed E-state index contributed by atoms with van der Waals surface area (Å²) in [6.45, 7) is 3.83. The van der Waals surface area contributed by atoms with Crippen molar-refractivity contribution >= 4 is 17.5 Å². The zero-order chi connectivity index (χ0) is 28.3. The number of aromatic nitrogens is 4. The van der Waals surface area contributed by atoms with Gasteiger partial charge in [-0.15, -0.1) is 14.8 Å². The number of aromatic amines is 1. The topological polar surface area (TPSA) is 136 Å². The maximum Gasteiger partial charge on any atom is 0.343 e. The fourth-order valence-electron chi connectivity index (χ4n) is 5.26. The minimum atomic E-state index is -0.728. The Balaban J connectivity index is 1.56. The van der Waals surface area contributed by atoms with Crippen molar-refractivity contribution in [3.8, 4) is 28.3 Å². The summed E-state index contributed by atoms with van der Waals surface area (Å²) >= 11 is 0. The fraction of sp³-hybridized carbons (Fsp3) is 0.300. The number of hydrogen-bond donors (Lipinski definition) is 3. The lowest BCUT2D eigenvalue weighted by Crippen LogP contribution is -2.65. The molecule has 0 aliphatic carbocycles. The molecule has 4 aromatic rings. The third-order valence-corrected chi connectivity index (χ3v) is 7.10. The van der Waals surface area contributed by atoms with Crippen LogP contribution in [0, 0.1) is 0 Å². The largest absolute Gasteiger partial charge is 0.497 e. The Morgan fingerprint density at radius 2 is 1.82 bits per heavy atom. The molecular weight excluding hydrogens is 506 g/mol. The van der Waals surface area contributed by atoms with Crippen molar-refractivity contribution in [3.63, 3.8) is 0 Å². The highest BCUT2D eigenvalue weighted by Crippen LogP contribution is 2.37. The van der Waals surface area contributed by atoms with E-state index in [0.717, 1.165) is 39.9 Å². The average Bonchev–Trinajstić information content (AvgIpc) is 3.43. The number of hydrogen-bond acceptors (Lipinski definition) is 7. The molecule has 2 amide bonds. The molecule has 1 atom stereocenters. The van der Waals surface area contributed by atoms with Crippen LogP contribution in [-0.2, 0) is 22.6 Å². The van der Waals surface area contributed by atoms with Crippen LogP contribution < -0.4 is 20.5 Å². The molecule has 1 aliphatic rings. The smallest absolute Gasteiger partial charge is 0.343 e. The Labute approximate surface area is 233 Å². The van der Waals surface area contributed by atoms with E-state index in [-0.39, 0.29) is 29.4 Å². The molecule has 0 saturated heterocycles. The molecule has 206 valence electrons. The summed E-state index contributed by atoms with van der Waals surface area (Å²) in [4.78, 5) is 27.3. The standard InChI is InChI=1S/C30H33N7O3/c1-30(2,31)18-27(38)34-37(26-17-23(40-3)16-15-22(26)7-6-10-28(37)39)19-20-11-13-21(14-12-20)24-8-4-5-9-25(24)29-32-35-36-33-29/h4-5,8-9,11-17H,6-7,10,18-19,31H2,1-3H3,(H-,32,33,34,35,36,38)/p+1. The lowest BCUT2D eigenvalue weighted by Gasteiger charge is -2.35. The van der Waals surface area contributed by atoms with Gasteiger partial charge in [0.2, 0.25) is 5.82 Å². The maximum atomic E-state index is 13.9. The Morgan fingerprint density at radius 3 is 2.50 bits per heavy atom. The molecule has 0 fully saturated rings. The minimum absolute atomic E-state index is 0.0748. The number of quaternary nitrogens is 1. The number of nitrogens with zero attached hydrogens (tertiary/aromatic N) is 4. The van der Waals surface area contributed by atoms with Crippen LogP contribution in [0.2, 0.25) is 0 Å². The van der Waals surface area contributed by atoms with Crippen LogP contribution in [0.5, 0.6) is 5.75 Å². The van der Waals surface area contributed by atoms with Crippen LogP contribution in [0.3, 0.4) is 0 Å². The summed E-state index contributed by atoms with van der Waals surface area (Å²) in [7, 11) is 1.59. The van der Waals surface area contributed by atoms with Crippen LogP contribution in [-0.4, -0.2) is 45.1 Å². The third kappa shape index (κ3) is 5.63. The Bertz CT molecular complexity index is 1510. The normalized spacial score (nSPS) is 17.1. The molecule has 10 nitrogen and oxygen atoms in total. The van der Waals surface area contributed by atoms with Gasteiger partial charge < -0.3 is 10.5 Å². The van der Waals surface area contributed by atoms with Crippen molar-refractivity contribution in [3.05, 3.63) is 77.9 Å². The van der Waals surface area contributed by atoms with Gasteiger partial charge in [0.1, 0.15) is 12.3 Å².